The van der Waals surface area contributed by atoms with Crippen molar-refractivity contribution in [2.75, 3.05) is 0 Å². The fourth-order valence-electron chi connectivity index (χ4n) is 0.575. The van der Waals surface area contributed by atoms with Gasteiger partial charge in [-0.3, -0.25) is 4.79 Å². The number of amides is 1. The van der Waals surface area contributed by atoms with Crippen LogP contribution in [0.15, 0.2) is 0 Å². The van der Waals surface area contributed by atoms with Gasteiger partial charge in [-0.15, -0.1) is 12.3 Å². The molecule has 1 amide bonds. The third-order valence-electron chi connectivity index (χ3n) is 0.874. The Morgan fingerprint density at radius 2 is 2.44 bits per heavy atom. The minimum Gasteiger partial charge on any atom is -0.353 e. The summed E-state index contributed by atoms with van der Waals surface area (Å²) in [6, 6.07) is 0.104. The maximum Gasteiger partial charge on any atom is 0.217 e. The summed E-state index contributed by atoms with van der Waals surface area (Å²) in [4.78, 5) is 10.3. The van der Waals surface area contributed by atoms with E-state index in [9.17, 15) is 4.79 Å². The summed E-state index contributed by atoms with van der Waals surface area (Å²) in [7, 11) is 0. The summed E-state index contributed by atoms with van der Waals surface area (Å²) in [6.45, 7) is 3.36. The molecule has 1 unspecified atom stereocenters. The minimum absolute atomic E-state index is 0.0299. The molecular formula is C7H11NO. The first-order valence-corrected chi connectivity index (χ1v) is 2.87. The predicted molar refractivity (Wildman–Crippen MR) is 36.7 cm³/mol. The number of hydrogen-bond acceptors (Lipinski definition) is 1. The van der Waals surface area contributed by atoms with Gasteiger partial charge in [-0.25, -0.2) is 0 Å². The first-order valence-electron chi connectivity index (χ1n) is 2.87. The molecule has 2 nitrogen and oxygen atoms in total. The molecule has 0 bridgehead atoms. The molecule has 0 saturated heterocycles. The molecule has 0 aliphatic carbocycles. The van der Waals surface area contributed by atoms with Gasteiger partial charge in [0.05, 0.1) is 0 Å². The van der Waals surface area contributed by atoms with Crippen LogP contribution >= 0.6 is 0 Å². The van der Waals surface area contributed by atoms with E-state index < -0.39 is 0 Å². The Balaban J connectivity index is 3.40. The summed E-state index contributed by atoms with van der Waals surface area (Å²) < 4.78 is 0. The quantitative estimate of drug-likeness (QED) is 0.536. The molecule has 0 aromatic rings. The van der Waals surface area contributed by atoms with Crippen LogP contribution in [-0.2, 0) is 4.79 Å². The highest BCUT2D eigenvalue weighted by molar-refractivity contribution is 5.73. The number of terminal acetylenes is 1. The van der Waals surface area contributed by atoms with E-state index >= 15 is 0 Å². The molecule has 0 radical (unpaired) electrons. The van der Waals surface area contributed by atoms with E-state index in [0.717, 1.165) is 0 Å². The Kier molecular flexibility index (Phi) is 3.54. The smallest absolute Gasteiger partial charge is 0.217 e. The first-order chi connectivity index (χ1) is 4.16. The van der Waals surface area contributed by atoms with Crippen LogP contribution < -0.4 is 5.32 Å². The zero-order chi connectivity index (χ0) is 7.28. The highest BCUT2D eigenvalue weighted by atomic mass is 16.1. The van der Waals surface area contributed by atoms with Crippen LogP contribution in [0.3, 0.4) is 0 Å². The van der Waals surface area contributed by atoms with Crippen LogP contribution in [0.2, 0.25) is 0 Å². The molecule has 0 aromatic carbocycles. The van der Waals surface area contributed by atoms with Crippen molar-refractivity contribution in [3.63, 3.8) is 0 Å². The van der Waals surface area contributed by atoms with Gasteiger partial charge in [0.1, 0.15) is 0 Å². The largest absolute Gasteiger partial charge is 0.353 e. The number of carbonyl (C=O) groups is 1. The monoisotopic (exact) mass is 125 g/mol. The minimum atomic E-state index is -0.0299. The van der Waals surface area contributed by atoms with Crippen LogP contribution in [0.5, 0.6) is 0 Å². The van der Waals surface area contributed by atoms with E-state index in [1.54, 1.807) is 0 Å². The lowest BCUT2D eigenvalue weighted by Crippen LogP contribution is -2.29. The highest BCUT2D eigenvalue weighted by Crippen LogP contribution is 1.85. The van der Waals surface area contributed by atoms with Crippen LogP contribution in [0.4, 0.5) is 0 Å². The van der Waals surface area contributed by atoms with Gasteiger partial charge in [-0.05, 0) is 6.92 Å². The molecule has 2 heteroatoms. The van der Waals surface area contributed by atoms with E-state index in [1.165, 1.54) is 6.92 Å². The normalized spacial score (nSPS) is 11.7. The number of nitrogens with one attached hydrogen (secondary N) is 1. The fraction of sp³-hybridized carbons (Fsp3) is 0.571. The lowest BCUT2D eigenvalue weighted by molar-refractivity contribution is -0.119. The molecule has 0 saturated carbocycles. The van der Waals surface area contributed by atoms with Crippen molar-refractivity contribution in [1.82, 2.24) is 5.32 Å². The van der Waals surface area contributed by atoms with Gasteiger partial charge in [0.25, 0.3) is 0 Å². The second kappa shape index (κ2) is 3.96. The Labute approximate surface area is 55.6 Å². The van der Waals surface area contributed by atoms with Gasteiger partial charge in [0, 0.05) is 19.4 Å². The van der Waals surface area contributed by atoms with Crippen LogP contribution in [-0.4, -0.2) is 11.9 Å². The standard InChI is InChI=1S/C7H11NO/c1-4-5-6(2)8-7(3)9/h1,6H,5H2,2-3H3,(H,8,9). The lowest BCUT2D eigenvalue weighted by atomic mass is 10.2. The maximum absolute atomic E-state index is 10.3. The average Bonchev–Trinajstić information content (AvgIpc) is 1.63. The summed E-state index contributed by atoms with van der Waals surface area (Å²) in [5, 5.41) is 2.66. The second-order valence-corrected chi connectivity index (χ2v) is 2.01. The van der Waals surface area contributed by atoms with Gasteiger partial charge in [0.15, 0.2) is 0 Å². The Morgan fingerprint density at radius 3 is 2.78 bits per heavy atom. The lowest BCUT2D eigenvalue weighted by Gasteiger charge is -2.06. The van der Waals surface area contributed by atoms with Crippen LogP contribution in [0, 0.1) is 12.3 Å². The van der Waals surface area contributed by atoms with Crippen molar-refractivity contribution < 1.29 is 4.79 Å². The highest BCUT2D eigenvalue weighted by Gasteiger charge is 1.98. The first kappa shape index (κ1) is 8.03. The van der Waals surface area contributed by atoms with Gasteiger partial charge in [-0.1, -0.05) is 0 Å². The number of hydrogen-bond donors (Lipinski definition) is 1. The van der Waals surface area contributed by atoms with Crippen molar-refractivity contribution in [1.29, 1.82) is 0 Å². The van der Waals surface area contributed by atoms with Crippen molar-refractivity contribution in [2.45, 2.75) is 26.3 Å². The average molecular weight is 125 g/mol. The number of rotatable bonds is 2. The molecule has 0 heterocycles. The molecule has 9 heavy (non-hydrogen) atoms. The predicted octanol–water partition coefficient (Wildman–Crippen LogP) is 0.534. The van der Waals surface area contributed by atoms with Crippen LogP contribution in [0.1, 0.15) is 20.3 Å². The van der Waals surface area contributed by atoms with E-state index in [1.807, 2.05) is 6.92 Å². The summed E-state index contributed by atoms with van der Waals surface area (Å²) in [5.41, 5.74) is 0. The molecule has 1 N–H and O–H groups in total. The number of carbonyl (C=O) groups excluding carboxylic acids is 1. The molecule has 0 aliphatic heterocycles. The molecule has 0 aliphatic rings. The van der Waals surface area contributed by atoms with Gasteiger partial charge < -0.3 is 5.32 Å². The Morgan fingerprint density at radius 1 is 1.89 bits per heavy atom. The van der Waals surface area contributed by atoms with Crippen LogP contribution in [0.25, 0.3) is 0 Å². The van der Waals surface area contributed by atoms with Gasteiger partial charge in [-0.2, -0.15) is 0 Å². The fourth-order valence-corrected chi connectivity index (χ4v) is 0.575. The van der Waals surface area contributed by atoms with Crippen molar-refractivity contribution in [2.24, 2.45) is 0 Å². The third kappa shape index (κ3) is 4.89. The maximum atomic E-state index is 10.3. The topological polar surface area (TPSA) is 29.1 Å². The molecule has 50 valence electrons. The van der Waals surface area contributed by atoms with Crippen molar-refractivity contribution >= 4 is 5.91 Å². The van der Waals surface area contributed by atoms with E-state index in [4.69, 9.17) is 6.42 Å². The molecule has 0 aromatic heterocycles. The third-order valence-corrected chi connectivity index (χ3v) is 0.874. The van der Waals surface area contributed by atoms with Crippen molar-refractivity contribution in [3.8, 4) is 12.3 Å². The summed E-state index contributed by atoms with van der Waals surface area (Å²) in [6.07, 6.45) is 5.60. The van der Waals surface area contributed by atoms with Gasteiger partial charge in [0.2, 0.25) is 5.91 Å². The zero-order valence-electron chi connectivity index (χ0n) is 5.77. The molecular weight excluding hydrogens is 114 g/mol. The van der Waals surface area contributed by atoms with Crippen molar-refractivity contribution in [3.05, 3.63) is 0 Å². The van der Waals surface area contributed by atoms with E-state index in [-0.39, 0.29) is 11.9 Å². The van der Waals surface area contributed by atoms with E-state index in [0.29, 0.717) is 6.42 Å². The molecule has 0 spiro atoms. The Hall–Kier alpha value is -0.970. The second-order valence-electron chi connectivity index (χ2n) is 2.01. The SMILES string of the molecule is C#CCC(C)NC(C)=O. The molecule has 0 fully saturated rings. The van der Waals surface area contributed by atoms with E-state index in [2.05, 4.69) is 11.2 Å². The molecule has 1 atom stereocenters. The molecule has 0 rings (SSSR count). The summed E-state index contributed by atoms with van der Waals surface area (Å²) in [5.74, 6) is 2.43. The zero-order valence-corrected chi connectivity index (χ0v) is 5.77. The summed E-state index contributed by atoms with van der Waals surface area (Å²) >= 11 is 0. The van der Waals surface area contributed by atoms with Gasteiger partial charge >= 0.3 is 0 Å². The Bertz CT molecular complexity index is 134.